The van der Waals surface area contributed by atoms with Crippen LogP contribution in [0.5, 0.6) is 0 Å². The lowest BCUT2D eigenvalue weighted by Gasteiger charge is -2.29. The van der Waals surface area contributed by atoms with Crippen LogP contribution in [0.2, 0.25) is 4.34 Å². The summed E-state index contributed by atoms with van der Waals surface area (Å²) in [7, 11) is 0. The van der Waals surface area contributed by atoms with E-state index in [2.05, 4.69) is 32.7 Å². The summed E-state index contributed by atoms with van der Waals surface area (Å²) >= 11 is 9.47. The molecule has 1 aliphatic rings. The van der Waals surface area contributed by atoms with E-state index < -0.39 is 0 Å². The summed E-state index contributed by atoms with van der Waals surface area (Å²) in [6, 6.07) is 15.9. The number of amides is 1. The minimum Gasteiger partial charge on any atom is -0.306 e. The maximum absolute atomic E-state index is 13.3. The highest BCUT2D eigenvalue weighted by Gasteiger charge is 2.26. The lowest BCUT2D eigenvalue weighted by molar-refractivity contribution is 0.102. The van der Waals surface area contributed by atoms with Gasteiger partial charge in [0.2, 0.25) is 0 Å². The molecule has 0 unspecified atom stereocenters. The van der Waals surface area contributed by atoms with Gasteiger partial charge in [0.25, 0.3) is 5.91 Å². The van der Waals surface area contributed by atoms with Gasteiger partial charge in [-0.25, -0.2) is 18.5 Å². The highest BCUT2D eigenvalue weighted by atomic mass is 35.5. The number of piperidine rings is 1. The summed E-state index contributed by atoms with van der Waals surface area (Å²) in [6.07, 6.45) is 6.94. The molecule has 6 rings (SSSR count). The van der Waals surface area contributed by atoms with Crippen molar-refractivity contribution in [2.75, 3.05) is 18.4 Å². The van der Waals surface area contributed by atoms with E-state index in [0.717, 1.165) is 47.2 Å². The number of nitrogens with zero attached hydrogens (tertiary/aromatic N) is 6. The Hall–Kier alpha value is -3.18. The van der Waals surface area contributed by atoms with Gasteiger partial charge in [0.15, 0.2) is 5.65 Å². The minimum atomic E-state index is -0.269. The molecule has 5 heterocycles. The summed E-state index contributed by atoms with van der Waals surface area (Å²) < 4.78 is 7.82. The smallest absolute Gasteiger partial charge is 0.262 e. The molecular weight excluding hydrogens is 526 g/mol. The molecule has 0 atom stereocenters. The van der Waals surface area contributed by atoms with Gasteiger partial charge in [0.05, 0.1) is 26.1 Å². The molecule has 0 saturated carbocycles. The van der Waals surface area contributed by atoms with E-state index in [1.807, 2.05) is 41.1 Å². The van der Waals surface area contributed by atoms with E-state index in [0.29, 0.717) is 22.9 Å². The first-order valence-electron chi connectivity index (χ1n) is 12.0. The Balaban J connectivity index is 1.24. The molecule has 4 aromatic heterocycles. The Morgan fingerprint density at radius 3 is 2.73 bits per heavy atom. The molecule has 1 aliphatic heterocycles. The Morgan fingerprint density at radius 2 is 1.97 bits per heavy atom. The van der Waals surface area contributed by atoms with Crippen LogP contribution in [0.25, 0.3) is 11.3 Å². The van der Waals surface area contributed by atoms with Crippen LogP contribution in [0.15, 0.2) is 71.3 Å². The van der Waals surface area contributed by atoms with Crippen molar-refractivity contribution in [1.82, 2.24) is 28.7 Å². The fourth-order valence-electron chi connectivity index (χ4n) is 4.46. The Bertz CT molecular complexity index is 1550. The van der Waals surface area contributed by atoms with Gasteiger partial charge < -0.3 is 5.32 Å². The number of benzene rings is 1. The number of carbonyl (C=O) groups excluding carboxylic acids is 1. The van der Waals surface area contributed by atoms with Crippen LogP contribution in [-0.4, -0.2) is 47.7 Å². The Morgan fingerprint density at radius 1 is 1.16 bits per heavy atom. The number of fused-ring (bicyclic) bond motifs is 1. The number of hydrogen-bond acceptors (Lipinski definition) is 7. The van der Waals surface area contributed by atoms with E-state index in [-0.39, 0.29) is 5.91 Å². The van der Waals surface area contributed by atoms with Crippen LogP contribution in [0.1, 0.15) is 40.4 Å². The molecule has 0 spiro atoms. The van der Waals surface area contributed by atoms with Crippen molar-refractivity contribution in [2.24, 2.45) is 0 Å². The van der Waals surface area contributed by atoms with E-state index in [9.17, 15) is 4.79 Å². The summed E-state index contributed by atoms with van der Waals surface area (Å²) in [5.74, 6) is 0.670. The third kappa shape index (κ3) is 5.15. The first-order valence-corrected chi connectivity index (χ1v) is 14.0. The number of rotatable bonds is 6. The third-order valence-corrected chi connectivity index (χ3v) is 8.85. The van der Waals surface area contributed by atoms with Crippen molar-refractivity contribution in [1.29, 1.82) is 0 Å². The third-order valence-electron chi connectivity index (χ3n) is 6.41. The Kier molecular flexibility index (Phi) is 6.72. The zero-order chi connectivity index (χ0) is 25.4. The molecule has 0 aliphatic carbocycles. The van der Waals surface area contributed by atoms with Crippen LogP contribution in [-0.2, 0) is 0 Å². The molecule has 1 aromatic carbocycles. The van der Waals surface area contributed by atoms with Crippen LogP contribution < -0.4 is 5.32 Å². The molecular formula is C26H24ClN7OS2. The van der Waals surface area contributed by atoms with E-state index in [1.165, 1.54) is 4.21 Å². The average Bonchev–Trinajstić information content (AvgIpc) is 3.63. The second-order valence-electron chi connectivity index (χ2n) is 8.96. The number of halogens is 1. The highest BCUT2D eigenvalue weighted by molar-refractivity contribution is 7.99. The summed E-state index contributed by atoms with van der Waals surface area (Å²) in [4.78, 5) is 17.6. The first kappa shape index (κ1) is 24.2. The molecule has 37 heavy (non-hydrogen) atoms. The predicted octanol–water partition coefficient (Wildman–Crippen LogP) is 6.08. The van der Waals surface area contributed by atoms with Crippen molar-refractivity contribution in [3.63, 3.8) is 0 Å². The number of thiophene rings is 1. The maximum atomic E-state index is 13.3. The molecule has 0 radical (unpaired) electrons. The number of nitrogens with one attached hydrogen (secondary N) is 1. The van der Waals surface area contributed by atoms with E-state index in [1.54, 1.807) is 52.5 Å². The predicted molar refractivity (Wildman–Crippen MR) is 148 cm³/mol. The average molecular weight is 550 g/mol. The quantitative estimate of drug-likeness (QED) is 0.259. The molecule has 1 fully saturated rings. The number of anilines is 1. The highest BCUT2D eigenvalue weighted by Crippen LogP contribution is 2.37. The molecule has 1 saturated heterocycles. The largest absolute Gasteiger partial charge is 0.306 e. The Labute approximate surface area is 227 Å². The minimum absolute atomic E-state index is 0.269. The van der Waals surface area contributed by atoms with Gasteiger partial charge in [-0.2, -0.15) is 10.2 Å². The zero-order valence-electron chi connectivity index (χ0n) is 20.0. The molecule has 11 heteroatoms. The fourth-order valence-corrected chi connectivity index (χ4v) is 6.88. The van der Waals surface area contributed by atoms with Crippen LogP contribution in [0.4, 0.5) is 5.82 Å². The van der Waals surface area contributed by atoms with Gasteiger partial charge in [-0.3, -0.25) is 4.79 Å². The second kappa shape index (κ2) is 10.3. The van der Waals surface area contributed by atoms with Gasteiger partial charge in [-0.05, 0) is 62.0 Å². The van der Waals surface area contributed by atoms with Crippen molar-refractivity contribution in [2.45, 2.75) is 29.9 Å². The maximum Gasteiger partial charge on any atom is 0.262 e. The van der Waals surface area contributed by atoms with Gasteiger partial charge in [0, 0.05) is 37.5 Å². The lowest BCUT2D eigenvalue weighted by atomic mass is 9.95. The van der Waals surface area contributed by atoms with E-state index in [4.69, 9.17) is 16.7 Å². The molecule has 0 bridgehead atoms. The number of aromatic nitrogens is 5. The second-order valence-corrected chi connectivity index (χ2v) is 12.1. The first-order chi connectivity index (χ1) is 18.0. The normalized spacial score (nSPS) is 14.9. The van der Waals surface area contributed by atoms with Gasteiger partial charge >= 0.3 is 0 Å². The van der Waals surface area contributed by atoms with Crippen molar-refractivity contribution < 1.29 is 4.79 Å². The monoisotopic (exact) mass is 549 g/mol. The van der Waals surface area contributed by atoms with Crippen molar-refractivity contribution in [3.05, 3.63) is 88.3 Å². The fraction of sp³-hybridized carbons (Fsp3) is 0.231. The SMILES string of the molecule is Cc1ccc(-n2nc(C3CCN(Sc4ccc(Cl)s4)CC3)cc2NC(=O)c2cnn3cccnc23)cc1. The van der Waals surface area contributed by atoms with Crippen LogP contribution >= 0.6 is 34.9 Å². The molecule has 8 nitrogen and oxygen atoms in total. The molecule has 5 aromatic rings. The van der Waals surface area contributed by atoms with Crippen molar-refractivity contribution >= 4 is 52.3 Å². The zero-order valence-corrected chi connectivity index (χ0v) is 22.4. The standard InChI is InChI=1S/C26H24ClN7OS2/c1-17-3-5-19(6-4-17)34-23(30-26(35)20-16-29-33-12-2-11-28-25(20)33)15-21(31-34)18-9-13-32(14-10-18)37-24-8-7-22(27)36-24/h2-8,11-12,15-16,18H,9-10,13-14H2,1H3,(H,30,35). The number of aryl methyl sites for hydroxylation is 1. The molecule has 188 valence electrons. The molecule has 1 N–H and O–H groups in total. The van der Waals surface area contributed by atoms with Crippen LogP contribution in [0, 0.1) is 6.92 Å². The van der Waals surface area contributed by atoms with Gasteiger partial charge in [-0.15, -0.1) is 11.3 Å². The number of carbonyl (C=O) groups is 1. The molecule has 1 amide bonds. The summed E-state index contributed by atoms with van der Waals surface area (Å²) in [5, 5.41) is 12.3. The van der Waals surface area contributed by atoms with Crippen LogP contribution in [0.3, 0.4) is 0 Å². The summed E-state index contributed by atoms with van der Waals surface area (Å²) in [6.45, 7) is 3.96. The topological polar surface area (TPSA) is 80.4 Å². The van der Waals surface area contributed by atoms with Crippen molar-refractivity contribution in [3.8, 4) is 5.69 Å². The summed E-state index contributed by atoms with van der Waals surface area (Å²) in [5.41, 5.74) is 3.97. The van der Waals surface area contributed by atoms with Gasteiger partial charge in [0.1, 0.15) is 11.4 Å². The van der Waals surface area contributed by atoms with E-state index >= 15 is 0 Å². The number of hydrogen-bond donors (Lipinski definition) is 1. The van der Waals surface area contributed by atoms with Gasteiger partial charge in [-0.1, -0.05) is 29.3 Å². The lowest BCUT2D eigenvalue weighted by Crippen LogP contribution is -2.27.